The third kappa shape index (κ3) is 9.48. The van der Waals surface area contributed by atoms with E-state index in [2.05, 4.69) is 51.7 Å². The van der Waals surface area contributed by atoms with Crippen molar-refractivity contribution in [3.8, 4) is 0 Å². The number of hydrogen-bond donors (Lipinski definition) is 3. The molecule has 1 fully saturated rings. The van der Waals surface area contributed by atoms with Crippen LogP contribution in [0.15, 0.2) is 48.5 Å². The average Bonchev–Trinajstić information content (AvgIpc) is 3.28. The number of methoxy groups -OCH3 is 1. The summed E-state index contributed by atoms with van der Waals surface area (Å²) in [5, 5.41) is 9.72. The zero-order valence-electron chi connectivity index (χ0n) is 28.3. The van der Waals surface area contributed by atoms with Crippen molar-refractivity contribution in [2.24, 2.45) is 0 Å². The number of alkyl carbamates (subject to hydrolysis) is 1. The van der Waals surface area contributed by atoms with Crippen LogP contribution in [0.1, 0.15) is 76.1 Å². The van der Waals surface area contributed by atoms with Gasteiger partial charge in [-0.25, -0.2) is 9.59 Å². The van der Waals surface area contributed by atoms with Crippen LogP contribution in [0.25, 0.3) is 10.9 Å². The van der Waals surface area contributed by atoms with Gasteiger partial charge in [0.25, 0.3) is 0 Å². The summed E-state index contributed by atoms with van der Waals surface area (Å²) in [5.74, 6) is 0.231. The number of urea groups is 1. The van der Waals surface area contributed by atoms with Gasteiger partial charge in [0.05, 0.1) is 0 Å². The molecule has 0 saturated carbocycles. The number of piperidine rings is 1. The summed E-state index contributed by atoms with van der Waals surface area (Å²) in [6.45, 7) is 12.9. The van der Waals surface area contributed by atoms with E-state index in [1.807, 2.05) is 56.9 Å². The molecule has 1 aliphatic heterocycles. The zero-order chi connectivity index (χ0) is 33.3. The first-order valence-electron chi connectivity index (χ1n) is 16.5. The second-order valence-electron chi connectivity index (χ2n) is 13.1. The molecule has 4 rings (SSSR count). The molecular formula is C36H51N5O5. The highest BCUT2D eigenvalue weighted by Gasteiger charge is 2.31. The van der Waals surface area contributed by atoms with Crippen molar-refractivity contribution in [1.82, 2.24) is 20.1 Å². The monoisotopic (exact) mass is 633 g/mol. The van der Waals surface area contributed by atoms with Crippen molar-refractivity contribution in [1.29, 1.82) is 0 Å². The molecule has 2 aromatic carbocycles. The van der Waals surface area contributed by atoms with Gasteiger partial charge in [0.1, 0.15) is 5.60 Å². The number of ether oxygens (including phenoxy) is 2. The van der Waals surface area contributed by atoms with Crippen molar-refractivity contribution >= 4 is 34.6 Å². The summed E-state index contributed by atoms with van der Waals surface area (Å²) in [6.07, 6.45) is 2.89. The fourth-order valence-corrected chi connectivity index (χ4v) is 6.39. The number of benzene rings is 2. The van der Waals surface area contributed by atoms with E-state index < -0.39 is 17.7 Å². The molecule has 46 heavy (non-hydrogen) atoms. The lowest BCUT2D eigenvalue weighted by molar-refractivity contribution is -0.132. The maximum Gasteiger partial charge on any atom is 0.407 e. The van der Waals surface area contributed by atoms with Crippen molar-refractivity contribution < 1.29 is 23.9 Å². The van der Waals surface area contributed by atoms with Crippen LogP contribution in [-0.4, -0.2) is 72.5 Å². The molecular weight excluding hydrogens is 582 g/mol. The van der Waals surface area contributed by atoms with Gasteiger partial charge in [-0.05, 0) is 89.6 Å². The number of carbonyl (C=O) groups excluding carboxylic acids is 3. The number of nitrogens with one attached hydrogen (secondary N) is 3. The molecule has 3 N–H and O–H groups in total. The van der Waals surface area contributed by atoms with E-state index in [9.17, 15) is 14.4 Å². The molecule has 1 aliphatic rings. The quantitative estimate of drug-likeness (QED) is 0.201. The molecule has 1 aromatic heterocycles. The number of likely N-dealkylation sites (tertiary alicyclic amines) is 1. The molecule has 2 atom stereocenters. The van der Waals surface area contributed by atoms with Gasteiger partial charge in [0.15, 0.2) is 0 Å². The molecule has 0 aliphatic carbocycles. The molecule has 250 valence electrons. The summed E-state index contributed by atoms with van der Waals surface area (Å²) in [4.78, 5) is 40.6. The first-order chi connectivity index (χ1) is 22.0. The van der Waals surface area contributed by atoms with Crippen molar-refractivity contribution in [2.45, 2.75) is 90.8 Å². The topological polar surface area (TPSA) is 114 Å². The number of nitrogens with zero attached hydrogens (tertiary/aromatic N) is 2. The van der Waals surface area contributed by atoms with Gasteiger partial charge in [0, 0.05) is 80.6 Å². The number of aryl methyl sites for hydroxylation is 2. The predicted octanol–water partition coefficient (Wildman–Crippen LogP) is 6.36. The van der Waals surface area contributed by atoms with Gasteiger partial charge in [0.2, 0.25) is 5.91 Å². The average molecular weight is 634 g/mol. The Hall–Kier alpha value is -4.05. The number of hydrogen-bond acceptors (Lipinski definition) is 5. The summed E-state index contributed by atoms with van der Waals surface area (Å²) in [6, 6.07) is 15.2. The summed E-state index contributed by atoms with van der Waals surface area (Å²) >= 11 is 0. The van der Waals surface area contributed by atoms with Gasteiger partial charge >= 0.3 is 12.1 Å². The molecule has 1 saturated heterocycles. The van der Waals surface area contributed by atoms with Crippen molar-refractivity contribution in [3.63, 3.8) is 0 Å². The van der Waals surface area contributed by atoms with Gasteiger partial charge in [-0.1, -0.05) is 30.3 Å². The number of anilines is 1. The molecule has 3 aromatic rings. The lowest BCUT2D eigenvalue weighted by atomic mass is 9.91. The minimum absolute atomic E-state index is 0.0139. The van der Waals surface area contributed by atoms with E-state index >= 15 is 0 Å². The standard InChI is InChI=1S/C36H51N5O5/c1-7-37-34(43)38-28-17-15-26(16-18-28)22-29(39-35(44)46-36(3,4)5)23-32(42)40-19-10-12-27(24-40)33-25(2)30-13-8-9-14-31(30)41(33)20-11-21-45-6/h8-9,13-18,27,29H,7,10-12,19-24H2,1-6H3,(H,39,44)(H2,37,38,43). The molecule has 0 spiro atoms. The second-order valence-corrected chi connectivity index (χ2v) is 13.1. The summed E-state index contributed by atoms with van der Waals surface area (Å²) in [5.41, 5.74) is 4.74. The highest BCUT2D eigenvalue weighted by atomic mass is 16.6. The molecule has 0 bridgehead atoms. The maximum absolute atomic E-state index is 13.9. The molecule has 10 heteroatoms. The predicted molar refractivity (Wildman–Crippen MR) is 182 cm³/mol. The Balaban J connectivity index is 1.50. The Labute approximate surface area is 273 Å². The van der Waals surface area contributed by atoms with E-state index in [1.165, 1.54) is 22.2 Å². The van der Waals surface area contributed by atoms with Gasteiger partial charge in [-0.2, -0.15) is 0 Å². The Morgan fingerprint density at radius 2 is 1.80 bits per heavy atom. The largest absolute Gasteiger partial charge is 0.444 e. The second kappa shape index (κ2) is 16.0. The van der Waals surface area contributed by atoms with Crippen LogP contribution in [0.5, 0.6) is 0 Å². The minimum Gasteiger partial charge on any atom is -0.444 e. The SMILES string of the molecule is CCNC(=O)Nc1ccc(CC(CC(=O)N2CCCC(c3c(C)c4ccccc4n3CCCOC)C2)NC(=O)OC(C)(C)C)cc1. The van der Waals surface area contributed by atoms with Crippen molar-refractivity contribution in [3.05, 3.63) is 65.4 Å². The Bertz CT molecular complexity index is 1480. The molecule has 2 unspecified atom stereocenters. The van der Waals surface area contributed by atoms with E-state index in [4.69, 9.17) is 9.47 Å². The molecule has 10 nitrogen and oxygen atoms in total. The third-order valence-corrected chi connectivity index (χ3v) is 8.34. The Morgan fingerprint density at radius 1 is 1.07 bits per heavy atom. The smallest absolute Gasteiger partial charge is 0.407 e. The van der Waals surface area contributed by atoms with E-state index in [-0.39, 0.29) is 24.3 Å². The lowest BCUT2D eigenvalue weighted by Crippen LogP contribution is -2.46. The molecule has 0 radical (unpaired) electrons. The van der Waals surface area contributed by atoms with Crippen molar-refractivity contribution in [2.75, 3.05) is 38.7 Å². The Kier molecular flexibility index (Phi) is 12.1. The first-order valence-corrected chi connectivity index (χ1v) is 16.5. The van der Waals surface area contributed by atoms with Crippen LogP contribution < -0.4 is 16.0 Å². The van der Waals surface area contributed by atoms with E-state index in [0.717, 1.165) is 31.4 Å². The Morgan fingerprint density at radius 3 is 2.50 bits per heavy atom. The third-order valence-electron chi connectivity index (χ3n) is 8.34. The van der Waals surface area contributed by atoms with Crippen LogP contribution in [-0.2, 0) is 27.2 Å². The van der Waals surface area contributed by atoms with Crippen LogP contribution in [0.3, 0.4) is 0 Å². The van der Waals surface area contributed by atoms with Gasteiger partial charge < -0.3 is 34.9 Å². The van der Waals surface area contributed by atoms with Gasteiger partial charge in [-0.3, -0.25) is 4.79 Å². The van der Waals surface area contributed by atoms with Crippen LogP contribution in [0, 0.1) is 6.92 Å². The molecule has 4 amide bonds. The van der Waals surface area contributed by atoms with E-state index in [1.54, 1.807) is 7.11 Å². The molecule has 2 heterocycles. The highest BCUT2D eigenvalue weighted by Crippen LogP contribution is 2.36. The normalized spacial score (nSPS) is 15.8. The van der Waals surface area contributed by atoms with Crippen LogP contribution >= 0.6 is 0 Å². The fourth-order valence-electron chi connectivity index (χ4n) is 6.39. The summed E-state index contributed by atoms with van der Waals surface area (Å²) < 4.78 is 13.3. The van der Waals surface area contributed by atoms with Gasteiger partial charge in [-0.15, -0.1) is 0 Å². The number of amides is 4. The van der Waals surface area contributed by atoms with E-state index in [0.29, 0.717) is 38.3 Å². The first kappa shape index (κ1) is 34.8. The maximum atomic E-state index is 13.9. The lowest BCUT2D eigenvalue weighted by Gasteiger charge is -2.35. The summed E-state index contributed by atoms with van der Waals surface area (Å²) in [7, 11) is 1.73. The minimum atomic E-state index is -0.662. The van der Waals surface area contributed by atoms with Crippen LogP contribution in [0.2, 0.25) is 0 Å². The van der Waals surface area contributed by atoms with Crippen LogP contribution in [0.4, 0.5) is 15.3 Å². The zero-order valence-corrected chi connectivity index (χ0v) is 28.3. The number of carbonyl (C=O) groups is 3. The number of fused-ring (bicyclic) bond motifs is 1. The number of aromatic nitrogens is 1. The fraction of sp³-hybridized carbons (Fsp3) is 0.528. The number of rotatable bonds is 12. The highest BCUT2D eigenvalue weighted by molar-refractivity contribution is 5.89. The number of para-hydroxylation sites is 1.